The van der Waals surface area contributed by atoms with Crippen LogP contribution in [0.5, 0.6) is 0 Å². The fourth-order valence-electron chi connectivity index (χ4n) is 1.93. The Morgan fingerprint density at radius 3 is 2.75 bits per heavy atom. The van der Waals surface area contributed by atoms with Gasteiger partial charge in [0.1, 0.15) is 24.7 Å². The normalized spacial score (nSPS) is 44.1. The van der Waals surface area contributed by atoms with E-state index in [2.05, 4.69) is 0 Å². The summed E-state index contributed by atoms with van der Waals surface area (Å²) in [6, 6.07) is 0. The van der Waals surface area contributed by atoms with Crippen molar-refractivity contribution < 1.29 is 28.9 Å². The van der Waals surface area contributed by atoms with Crippen molar-refractivity contribution in [3.05, 3.63) is 0 Å². The Bertz CT molecular complexity index is 323. The molecule has 2 saturated heterocycles. The number of cyclic esters (lactones) is 1. The summed E-state index contributed by atoms with van der Waals surface area (Å²) in [7, 11) is 0. The van der Waals surface area contributed by atoms with Crippen LogP contribution in [0.3, 0.4) is 0 Å². The Hall–Kier alpha value is -1.14. The lowest BCUT2D eigenvalue weighted by Crippen LogP contribution is -2.49. The predicted molar refractivity (Wildman–Crippen MR) is 50.4 cm³/mol. The van der Waals surface area contributed by atoms with Crippen LogP contribution in [0.4, 0.5) is 0 Å². The lowest BCUT2D eigenvalue weighted by Gasteiger charge is -2.29. The van der Waals surface area contributed by atoms with Crippen molar-refractivity contribution in [1.82, 2.24) is 0 Å². The summed E-state index contributed by atoms with van der Waals surface area (Å²) in [4.78, 5) is 22.3. The summed E-state index contributed by atoms with van der Waals surface area (Å²) in [5.74, 6) is -1.33. The Morgan fingerprint density at radius 2 is 2.06 bits per heavy atom. The van der Waals surface area contributed by atoms with E-state index in [-0.39, 0.29) is 6.61 Å². The van der Waals surface area contributed by atoms with E-state index in [9.17, 15) is 14.7 Å². The average Bonchev–Trinajstić information content (AvgIpc) is 2.36. The number of hydrogen-bond donors (Lipinski definition) is 1. The van der Waals surface area contributed by atoms with Gasteiger partial charge in [-0.1, -0.05) is 0 Å². The molecule has 0 aromatic heterocycles. The molecule has 0 amide bonds. The molecule has 2 aliphatic heterocycles. The van der Waals surface area contributed by atoms with Crippen molar-refractivity contribution in [3.63, 3.8) is 0 Å². The second kappa shape index (κ2) is 3.71. The molecule has 2 fully saturated rings. The van der Waals surface area contributed by atoms with Crippen LogP contribution in [0.15, 0.2) is 0 Å². The molecule has 4 atom stereocenters. The first-order valence-electron chi connectivity index (χ1n) is 5.14. The maximum atomic E-state index is 11.3. The van der Waals surface area contributed by atoms with Gasteiger partial charge >= 0.3 is 11.9 Å². The van der Waals surface area contributed by atoms with E-state index in [1.807, 2.05) is 0 Å². The highest BCUT2D eigenvalue weighted by Gasteiger charge is 2.54. The Morgan fingerprint density at radius 1 is 1.38 bits per heavy atom. The van der Waals surface area contributed by atoms with Crippen LogP contribution in [0.2, 0.25) is 0 Å². The highest BCUT2D eigenvalue weighted by atomic mass is 16.6. The highest BCUT2D eigenvalue weighted by molar-refractivity contribution is 5.91. The number of ether oxygens (including phenoxy) is 3. The van der Waals surface area contributed by atoms with Gasteiger partial charge in [-0.3, -0.25) is 9.59 Å². The summed E-state index contributed by atoms with van der Waals surface area (Å²) in [6.45, 7) is 3.22. The van der Waals surface area contributed by atoms with E-state index in [4.69, 9.17) is 14.2 Å². The van der Waals surface area contributed by atoms with Gasteiger partial charge in [0.2, 0.25) is 0 Å². The second-order valence-electron chi connectivity index (χ2n) is 4.31. The summed E-state index contributed by atoms with van der Waals surface area (Å²) < 4.78 is 15.3. The summed E-state index contributed by atoms with van der Waals surface area (Å²) in [5.41, 5.74) is -1.26. The van der Waals surface area contributed by atoms with Crippen molar-refractivity contribution >= 4 is 11.9 Å². The quantitative estimate of drug-likeness (QED) is 0.441. The topological polar surface area (TPSA) is 82.1 Å². The van der Waals surface area contributed by atoms with Gasteiger partial charge in [0, 0.05) is 0 Å². The van der Waals surface area contributed by atoms with Crippen molar-refractivity contribution in [2.24, 2.45) is 0 Å². The first-order valence-corrected chi connectivity index (χ1v) is 5.14. The molecule has 6 heteroatoms. The molecule has 2 rings (SSSR count). The summed E-state index contributed by atoms with van der Waals surface area (Å²) in [5, 5.41) is 10.1. The molecule has 0 saturated carbocycles. The maximum absolute atomic E-state index is 11.3. The fraction of sp³-hybridized carbons (Fsp3) is 0.800. The number of carbonyl (C=O) groups excluding carboxylic acids is 2. The maximum Gasteiger partial charge on any atom is 0.317 e. The largest absolute Gasteiger partial charge is 0.462 e. The molecule has 1 N–H and O–H groups in total. The zero-order valence-corrected chi connectivity index (χ0v) is 9.13. The lowest BCUT2D eigenvalue weighted by molar-refractivity contribution is -0.175. The van der Waals surface area contributed by atoms with Gasteiger partial charge < -0.3 is 19.3 Å². The van der Waals surface area contributed by atoms with Crippen LogP contribution >= 0.6 is 0 Å². The average molecular weight is 230 g/mol. The second-order valence-corrected chi connectivity index (χ2v) is 4.31. The summed E-state index contributed by atoms with van der Waals surface area (Å²) in [6.07, 6.45) is -2.29. The van der Waals surface area contributed by atoms with Crippen molar-refractivity contribution in [2.75, 3.05) is 6.61 Å². The zero-order valence-electron chi connectivity index (χ0n) is 9.13. The fourth-order valence-corrected chi connectivity index (χ4v) is 1.93. The molecular formula is C10H14O6. The molecule has 0 aliphatic carbocycles. The molecule has 2 aliphatic rings. The molecule has 0 aromatic carbocycles. The van der Waals surface area contributed by atoms with Crippen LogP contribution < -0.4 is 0 Å². The number of fused-ring (bicyclic) bond motifs is 1. The van der Waals surface area contributed by atoms with Crippen LogP contribution in [-0.2, 0) is 23.8 Å². The Balaban J connectivity index is 2.20. The molecule has 0 radical (unpaired) electrons. The third-order valence-corrected chi connectivity index (χ3v) is 3.07. The number of esters is 2. The molecular weight excluding hydrogens is 216 g/mol. The van der Waals surface area contributed by atoms with Crippen LogP contribution in [0.25, 0.3) is 0 Å². The first-order chi connectivity index (χ1) is 7.41. The first kappa shape index (κ1) is 11.3. The van der Waals surface area contributed by atoms with Crippen molar-refractivity contribution in [1.29, 1.82) is 0 Å². The van der Waals surface area contributed by atoms with Gasteiger partial charge in [0.15, 0.2) is 6.10 Å². The van der Waals surface area contributed by atoms with E-state index in [0.717, 1.165) is 0 Å². The summed E-state index contributed by atoms with van der Waals surface area (Å²) >= 11 is 0. The van der Waals surface area contributed by atoms with Gasteiger partial charge in [-0.15, -0.1) is 0 Å². The van der Waals surface area contributed by atoms with E-state index >= 15 is 0 Å². The minimum Gasteiger partial charge on any atom is -0.462 e. The predicted octanol–water partition coefficient (Wildman–Crippen LogP) is -0.617. The van der Waals surface area contributed by atoms with Gasteiger partial charge in [-0.2, -0.15) is 0 Å². The van der Waals surface area contributed by atoms with E-state index in [0.29, 0.717) is 0 Å². The third kappa shape index (κ3) is 1.78. The molecule has 6 nitrogen and oxygen atoms in total. The van der Waals surface area contributed by atoms with Gasteiger partial charge in [-0.25, -0.2) is 0 Å². The number of rotatable bonds is 0. The molecule has 0 aromatic rings. The van der Waals surface area contributed by atoms with E-state index in [1.165, 1.54) is 0 Å². The zero-order chi connectivity index (χ0) is 11.9. The molecule has 16 heavy (non-hydrogen) atoms. The minimum atomic E-state index is -1.26. The van der Waals surface area contributed by atoms with Crippen LogP contribution in [0, 0.1) is 0 Å². The van der Waals surface area contributed by atoms with E-state index in [1.54, 1.807) is 13.8 Å². The van der Waals surface area contributed by atoms with Crippen LogP contribution in [-0.4, -0.2) is 47.6 Å². The molecule has 1 unspecified atom stereocenters. The van der Waals surface area contributed by atoms with E-state index < -0.39 is 42.3 Å². The van der Waals surface area contributed by atoms with Crippen molar-refractivity contribution in [2.45, 2.75) is 44.2 Å². The molecule has 0 bridgehead atoms. The Kier molecular flexibility index (Phi) is 2.63. The van der Waals surface area contributed by atoms with Gasteiger partial charge in [0.25, 0.3) is 0 Å². The number of carbonyl (C=O) groups is 2. The highest BCUT2D eigenvalue weighted by Crippen LogP contribution is 2.34. The minimum absolute atomic E-state index is 0.00271. The van der Waals surface area contributed by atoms with Gasteiger partial charge in [0.05, 0.1) is 6.10 Å². The Labute approximate surface area is 92.5 Å². The van der Waals surface area contributed by atoms with Crippen LogP contribution in [0.1, 0.15) is 20.3 Å². The molecule has 90 valence electrons. The van der Waals surface area contributed by atoms with Gasteiger partial charge in [-0.05, 0) is 13.8 Å². The van der Waals surface area contributed by atoms with Crippen molar-refractivity contribution in [3.8, 4) is 0 Å². The molecule has 0 spiro atoms. The third-order valence-electron chi connectivity index (χ3n) is 3.07. The number of hydrogen-bond acceptors (Lipinski definition) is 6. The smallest absolute Gasteiger partial charge is 0.317 e. The lowest BCUT2D eigenvalue weighted by atomic mass is 9.93. The SMILES string of the molecule is C[C@@H]1O[C@@H]2COC(=O)CC(=O)OC2[C@]1(C)O. The standard InChI is InChI=1S/C10H14O6/c1-5-10(2,13)9-6(15-5)4-14-7(11)3-8(12)16-9/h5-6,9,13H,3-4H2,1-2H3/t5-,6+,9?,10+/m0/s1. The molecule has 2 heterocycles. The monoisotopic (exact) mass is 230 g/mol. The number of aliphatic hydroxyl groups is 1.